The van der Waals surface area contributed by atoms with Crippen LogP contribution in [0.3, 0.4) is 0 Å². The molecule has 1 aliphatic carbocycles. The van der Waals surface area contributed by atoms with E-state index in [1.807, 2.05) is 6.07 Å². The lowest BCUT2D eigenvalue weighted by atomic mass is 9.64. The standard InChI is InChI=1S/C17H21FO3/c18-14-6-3-5-13(11-14)17(8-4-9-17)16(19)21-12-15-7-1-2-10-20-15/h3,5-6,11,15H,1-2,4,7-10,12H2. The Morgan fingerprint density at radius 3 is 2.81 bits per heavy atom. The molecule has 0 N–H and O–H groups in total. The molecule has 1 saturated heterocycles. The first kappa shape index (κ1) is 14.5. The van der Waals surface area contributed by atoms with Crippen LogP contribution in [0.15, 0.2) is 24.3 Å². The molecule has 1 aromatic carbocycles. The Morgan fingerprint density at radius 1 is 1.33 bits per heavy atom. The van der Waals surface area contributed by atoms with Gasteiger partial charge in [0.2, 0.25) is 0 Å². The molecule has 1 aliphatic heterocycles. The summed E-state index contributed by atoms with van der Waals surface area (Å²) in [5.74, 6) is -0.532. The average Bonchev–Trinajstić information content (AvgIpc) is 2.45. The Morgan fingerprint density at radius 2 is 2.19 bits per heavy atom. The predicted octanol–water partition coefficient (Wildman–Crippen LogP) is 3.36. The van der Waals surface area contributed by atoms with Gasteiger partial charge in [0.05, 0.1) is 11.5 Å². The van der Waals surface area contributed by atoms with E-state index in [1.54, 1.807) is 6.07 Å². The number of halogens is 1. The molecule has 2 aliphatic rings. The second kappa shape index (κ2) is 6.14. The van der Waals surface area contributed by atoms with Crippen LogP contribution < -0.4 is 0 Å². The predicted molar refractivity (Wildman–Crippen MR) is 76.5 cm³/mol. The van der Waals surface area contributed by atoms with E-state index >= 15 is 0 Å². The molecular formula is C17H21FO3. The van der Waals surface area contributed by atoms with Crippen LogP contribution in [0, 0.1) is 5.82 Å². The molecule has 1 aromatic rings. The SMILES string of the molecule is O=C(OCC1CCCCO1)C1(c2cccc(F)c2)CCC1. The zero-order valence-electron chi connectivity index (χ0n) is 12.1. The minimum absolute atomic E-state index is 0.0207. The summed E-state index contributed by atoms with van der Waals surface area (Å²) in [7, 11) is 0. The van der Waals surface area contributed by atoms with Crippen LogP contribution in [0.5, 0.6) is 0 Å². The Hall–Kier alpha value is -1.42. The zero-order valence-corrected chi connectivity index (χ0v) is 12.1. The molecule has 114 valence electrons. The summed E-state index contributed by atoms with van der Waals surface area (Å²) in [6, 6.07) is 6.33. The molecule has 0 bridgehead atoms. The molecule has 1 unspecified atom stereocenters. The molecular weight excluding hydrogens is 271 g/mol. The molecule has 1 saturated carbocycles. The average molecular weight is 292 g/mol. The number of ether oxygens (including phenoxy) is 2. The van der Waals surface area contributed by atoms with Gasteiger partial charge in [-0.2, -0.15) is 0 Å². The van der Waals surface area contributed by atoms with Crippen LogP contribution in [-0.4, -0.2) is 25.3 Å². The fraction of sp³-hybridized carbons (Fsp3) is 0.588. The topological polar surface area (TPSA) is 35.5 Å². The smallest absolute Gasteiger partial charge is 0.316 e. The Balaban J connectivity index is 1.66. The highest BCUT2D eigenvalue weighted by Crippen LogP contribution is 2.45. The van der Waals surface area contributed by atoms with Crippen LogP contribution in [0.4, 0.5) is 4.39 Å². The number of hydrogen-bond acceptors (Lipinski definition) is 3. The van der Waals surface area contributed by atoms with Crippen molar-refractivity contribution in [3.63, 3.8) is 0 Å². The number of carbonyl (C=O) groups is 1. The number of carbonyl (C=O) groups excluding carboxylic acids is 1. The van der Waals surface area contributed by atoms with Gasteiger partial charge in [0, 0.05) is 6.61 Å². The van der Waals surface area contributed by atoms with Crippen molar-refractivity contribution < 1.29 is 18.7 Å². The summed E-state index contributed by atoms with van der Waals surface area (Å²) >= 11 is 0. The van der Waals surface area contributed by atoms with Crippen molar-refractivity contribution in [1.82, 2.24) is 0 Å². The number of benzene rings is 1. The fourth-order valence-electron chi connectivity index (χ4n) is 3.17. The molecule has 1 heterocycles. The van der Waals surface area contributed by atoms with E-state index in [1.165, 1.54) is 12.1 Å². The summed E-state index contributed by atoms with van der Waals surface area (Å²) in [4.78, 5) is 12.5. The second-order valence-electron chi connectivity index (χ2n) is 6.03. The molecule has 1 atom stereocenters. The van der Waals surface area contributed by atoms with Crippen molar-refractivity contribution in [3.8, 4) is 0 Å². The lowest BCUT2D eigenvalue weighted by molar-refractivity contribution is -0.159. The van der Waals surface area contributed by atoms with Crippen molar-refractivity contribution in [2.45, 2.75) is 50.0 Å². The molecule has 0 amide bonds. The van der Waals surface area contributed by atoms with E-state index in [0.717, 1.165) is 50.7 Å². The molecule has 0 aromatic heterocycles. The Bertz CT molecular complexity index is 505. The van der Waals surface area contributed by atoms with Gasteiger partial charge in [-0.25, -0.2) is 4.39 Å². The van der Waals surface area contributed by atoms with Gasteiger partial charge in [-0.3, -0.25) is 4.79 Å². The van der Waals surface area contributed by atoms with Gasteiger partial charge in [-0.05, 0) is 49.8 Å². The third kappa shape index (κ3) is 2.95. The van der Waals surface area contributed by atoms with Gasteiger partial charge < -0.3 is 9.47 Å². The molecule has 2 fully saturated rings. The number of rotatable bonds is 4. The van der Waals surface area contributed by atoms with E-state index in [0.29, 0.717) is 6.61 Å². The molecule has 0 radical (unpaired) electrons. The first-order chi connectivity index (χ1) is 10.2. The zero-order chi connectivity index (χ0) is 14.7. The van der Waals surface area contributed by atoms with Gasteiger partial charge in [0.15, 0.2) is 0 Å². The van der Waals surface area contributed by atoms with E-state index in [2.05, 4.69) is 0 Å². The van der Waals surface area contributed by atoms with Crippen molar-refractivity contribution in [1.29, 1.82) is 0 Å². The lowest BCUT2D eigenvalue weighted by Gasteiger charge is -2.40. The number of hydrogen-bond donors (Lipinski definition) is 0. The fourth-order valence-corrected chi connectivity index (χ4v) is 3.17. The maximum absolute atomic E-state index is 13.4. The monoisotopic (exact) mass is 292 g/mol. The van der Waals surface area contributed by atoms with Gasteiger partial charge in [-0.1, -0.05) is 18.6 Å². The van der Waals surface area contributed by atoms with E-state index in [4.69, 9.17) is 9.47 Å². The van der Waals surface area contributed by atoms with Crippen molar-refractivity contribution in [3.05, 3.63) is 35.6 Å². The highest BCUT2D eigenvalue weighted by atomic mass is 19.1. The van der Waals surface area contributed by atoms with Gasteiger partial charge in [-0.15, -0.1) is 0 Å². The van der Waals surface area contributed by atoms with Crippen molar-refractivity contribution in [2.24, 2.45) is 0 Å². The Labute approximate surface area is 124 Å². The van der Waals surface area contributed by atoms with Crippen LogP contribution in [0.2, 0.25) is 0 Å². The second-order valence-corrected chi connectivity index (χ2v) is 6.03. The lowest BCUT2D eigenvalue weighted by Crippen LogP contribution is -2.44. The summed E-state index contributed by atoms with van der Waals surface area (Å²) in [6.45, 7) is 1.06. The van der Waals surface area contributed by atoms with Crippen LogP contribution in [0.25, 0.3) is 0 Å². The van der Waals surface area contributed by atoms with Crippen LogP contribution in [0.1, 0.15) is 44.1 Å². The Kier molecular flexibility index (Phi) is 4.24. The van der Waals surface area contributed by atoms with Crippen LogP contribution in [-0.2, 0) is 19.7 Å². The van der Waals surface area contributed by atoms with Gasteiger partial charge in [0.1, 0.15) is 12.4 Å². The first-order valence-electron chi connectivity index (χ1n) is 7.76. The largest absolute Gasteiger partial charge is 0.462 e. The maximum Gasteiger partial charge on any atom is 0.316 e. The third-order valence-electron chi connectivity index (χ3n) is 4.65. The molecule has 4 heteroatoms. The summed E-state index contributed by atoms with van der Waals surface area (Å²) in [6.07, 6.45) is 5.62. The highest BCUT2D eigenvalue weighted by molar-refractivity contribution is 5.84. The number of esters is 1. The molecule has 21 heavy (non-hydrogen) atoms. The normalized spacial score (nSPS) is 24.1. The first-order valence-corrected chi connectivity index (χ1v) is 7.76. The van der Waals surface area contributed by atoms with E-state index < -0.39 is 5.41 Å². The summed E-state index contributed by atoms with van der Waals surface area (Å²) < 4.78 is 24.5. The quantitative estimate of drug-likeness (QED) is 0.798. The van der Waals surface area contributed by atoms with Crippen molar-refractivity contribution in [2.75, 3.05) is 13.2 Å². The van der Waals surface area contributed by atoms with Gasteiger partial charge >= 0.3 is 5.97 Å². The van der Waals surface area contributed by atoms with Crippen LogP contribution >= 0.6 is 0 Å². The van der Waals surface area contributed by atoms with Gasteiger partial charge in [0.25, 0.3) is 0 Å². The maximum atomic E-state index is 13.4. The minimum Gasteiger partial charge on any atom is -0.462 e. The summed E-state index contributed by atoms with van der Waals surface area (Å²) in [5, 5.41) is 0. The minimum atomic E-state index is -0.642. The third-order valence-corrected chi connectivity index (χ3v) is 4.65. The molecule has 0 spiro atoms. The van der Waals surface area contributed by atoms with Crippen molar-refractivity contribution >= 4 is 5.97 Å². The highest BCUT2D eigenvalue weighted by Gasteiger charge is 2.47. The summed E-state index contributed by atoms with van der Waals surface area (Å²) in [5.41, 5.74) is 0.0971. The molecule has 3 nitrogen and oxygen atoms in total. The van der Waals surface area contributed by atoms with E-state index in [-0.39, 0.29) is 17.9 Å². The molecule has 3 rings (SSSR count). The van der Waals surface area contributed by atoms with E-state index in [9.17, 15) is 9.18 Å².